The summed E-state index contributed by atoms with van der Waals surface area (Å²) < 4.78 is 0. The van der Waals surface area contributed by atoms with E-state index in [1.54, 1.807) is 0 Å². The van der Waals surface area contributed by atoms with Crippen molar-refractivity contribution in [1.29, 1.82) is 0 Å². The van der Waals surface area contributed by atoms with Crippen molar-refractivity contribution in [2.45, 2.75) is 282 Å². The van der Waals surface area contributed by atoms with Gasteiger partial charge < -0.3 is 20.6 Å². The van der Waals surface area contributed by atoms with Crippen LogP contribution in [-0.4, -0.2) is 46.6 Å². The summed E-state index contributed by atoms with van der Waals surface area (Å²) in [6.07, 6.45) is 52.1. The molecule has 0 saturated carbocycles. The van der Waals surface area contributed by atoms with Gasteiger partial charge in [0, 0.05) is 13.0 Å². The van der Waals surface area contributed by atoms with Crippen molar-refractivity contribution in [3.05, 3.63) is 0 Å². The van der Waals surface area contributed by atoms with Gasteiger partial charge in [0.25, 0.3) is 0 Å². The fourth-order valence-corrected chi connectivity index (χ4v) is 7.75. The van der Waals surface area contributed by atoms with E-state index in [-0.39, 0.29) is 12.5 Å². The predicted molar refractivity (Wildman–Crippen MR) is 227 cm³/mol. The molecule has 312 valence electrons. The van der Waals surface area contributed by atoms with Crippen LogP contribution in [0.1, 0.15) is 270 Å². The Labute approximate surface area is 326 Å². The van der Waals surface area contributed by atoms with Crippen molar-refractivity contribution in [3.63, 3.8) is 0 Å². The van der Waals surface area contributed by atoms with Crippen LogP contribution in [0, 0.1) is 0 Å². The number of rotatable bonds is 45. The fraction of sp³-hybridized carbons (Fsp3) is 0.979. The van der Waals surface area contributed by atoms with Gasteiger partial charge >= 0.3 is 0 Å². The number of aliphatic hydroxyl groups is 3. The van der Waals surface area contributed by atoms with Gasteiger partial charge in [-0.25, -0.2) is 0 Å². The van der Waals surface area contributed by atoms with Crippen molar-refractivity contribution in [2.24, 2.45) is 0 Å². The lowest BCUT2D eigenvalue weighted by atomic mass is 10.0. The van der Waals surface area contributed by atoms with Gasteiger partial charge in [-0.05, 0) is 19.3 Å². The van der Waals surface area contributed by atoms with Crippen LogP contribution >= 0.6 is 0 Å². The number of amides is 1. The molecule has 0 aromatic heterocycles. The molecule has 0 saturated heterocycles. The van der Waals surface area contributed by atoms with Crippen molar-refractivity contribution in [1.82, 2.24) is 5.32 Å². The predicted octanol–water partition coefficient (Wildman–Crippen LogP) is 13.8. The van der Waals surface area contributed by atoms with Gasteiger partial charge in [0.2, 0.25) is 5.91 Å². The van der Waals surface area contributed by atoms with E-state index in [4.69, 9.17) is 5.11 Å². The highest BCUT2D eigenvalue weighted by molar-refractivity contribution is 5.76. The largest absolute Gasteiger partial charge is 0.396 e. The van der Waals surface area contributed by atoms with Crippen LogP contribution in [-0.2, 0) is 4.79 Å². The van der Waals surface area contributed by atoms with Crippen LogP contribution in [0.2, 0.25) is 0 Å². The zero-order chi connectivity index (χ0) is 37.8. The second-order valence-corrected chi connectivity index (χ2v) is 16.6. The summed E-state index contributed by atoms with van der Waals surface area (Å²) >= 11 is 0. The van der Waals surface area contributed by atoms with Crippen LogP contribution in [0.5, 0.6) is 0 Å². The number of nitrogens with one attached hydrogen (secondary N) is 1. The zero-order valence-corrected chi connectivity index (χ0v) is 35.3. The topological polar surface area (TPSA) is 89.8 Å². The molecule has 1 amide bonds. The van der Waals surface area contributed by atoms with Crippen LogP contribution in [0.4, 0.5) is 0 Å². The van der Waals surface area contributed by atoms with Crippen molar-refractivity contribution < 1.29 is 20.1 Å². The molecule has 0 heterocycles. The van der Waals surface area contributed by atoms with Gasteiger partial charge in [0.1, 0.15) is 0 Å². The van der Waals surface area contributed by atoms with Crippen LogP contribution in [0.25, 0.3) is 0 Å². The molecule has 52 heavy (non-hydrogen) atoms. The fourth-order valence-electron chi connectivity index (χ4n) is 7.75. The second kappa shape index (κ2) is 44.7. The van der Waals surface area contributed by atoms with Crippen LogP contribution in [0.15, 0.2) is 0 Å². The van der Waals surface area contributed by atoms with E-state index in [1.807, 2.05) is 0 Å². The molecule has 2 unspecified atom stereocenters. The summed E-state index contributed by atoms with van der Waals surface area (Å²) in [4.78, 5) is 12.4. The van der Waals surface area contributed by atoms with E-state index in [9.17, 15) is 15.0 Å². The highest BCUT2D eigenvalue weighted by Crippen LogP contribution is 2.17. The Hall–Kier alpha value is -0.650. The third-order valence-electron chi connectivity index (χ3n) is 11.4. The molecule has 0 radical (unpaired) electrons. The monoisotopic (exact) mass is 738 g/mol. The zero-order valence-electron chi connectivity index (χ0n) is 35.3. The minimum absolute atomic E-state index is 0.0294. The molecule has 0 aliphatic carbocycles. The van der Waals surface area contributed by atoms with Crippen LogP contribution in [0.3, 0.4) is 0 Å². The average molecular weight is 738 g/mol. The van der Waals surface area contributed by atoms with Crippen molar-refractivity contribution >= 4 is 5.91 Å². The summed E-state index contributed by atoms with van der Waals surface area (Å²) in [5, 5.41) is 32.0. The van der Waals surface area contributed by atoms with Gasteiger partial charge in [-0.1, -0.05) is 244 Å². The summed E-state index contributed by atoms with van der Waals surface area (Å²) in [6.45, 7) is 2.44. The summed E-state index contributed by atoms with van der Waals surface area (Å²) in [5.41, 5.74) is 0. The number of hydrogen-bond donors (Lipinski definition) is 4. The molecule has 0 aliphatic heterocycles. The Bertz CT molecular complexity index is 674. The number of hydrogen-bond acceptors (Lipinski definition) is 4. The second-order valence-electron chi connectivity index (χ2n) is 16.6. The summed E-state index contributed by atoms with van der Waals surface area (Å²) in [5.74, 6) is -0.0294. The first-order valence-corrected chi connectivity index (χ1v) is 23.8. The smallest absolute Gasteiger partial charge is 0.220 e. The highest BCUT2D eigenvalue weighted by atomic mass is 16.3. The van der Waals surface area contributed by atoms with Gasteiger partial charge in [0.05, 0.1) is 18.8 Å². The van der Waals surface area contributed by atoms with Gasteiger partial charge in [-0.2, -0.15) is 0 Å². The maximum Gasteiger partial charge on any atom is 0.220 e. The van der Waals surface area contributed by atoms with E-state index >= 15 is 0 Å². The molecule has 0 aromatic rings. The molecule has 5 nitrogen and oxygen atoms in total. The lowest BCUT2D eigenvalue weighted by Gasteiger charge is -2.22. The molecule has 4 N–H and O–H groups in total. The Balaban J connectivity index is 3.39. The summed E-state index contributed by atoms with van der Waals surface area (Å²) in [6, 6.07) is -0.533. The third kappa shape index (κ3) is 40.5. The molecule has 0 spiro atoms. The maximum atomic E-state index is 12.4. The molecule has 0 aromatic carbocycles. The number of carbonyl (C=O) groups is 1. The van der Waals surface area contributed by atoms with E-state index in [0.29, 0.717) is 19.4 Å². The highest BCUT2D eigenvalue weighted by Gasteiger charge is 2.20. The van der Waals surface area contributed by atoms with Crippen LogP contribution < -0.4 is 5.32 Å². The lowest BCUT2D eigenvalue weighted by Crippen LogP contribution is -2.45. The van der Waals surface area contributed by atoms with Crippen molar-refractivity contribution in [2.75, 3.05) is 13.2 Å². The van der Waals surface area contributed by atoms with E-state index < -0.39 is 12.1 Å². The quantitative estimate of drug-likeness (QED) is 0.0468. The van der Waals surface area contributed by atoms with E-state index in [2.05, 4.69) is 12.2 Å². The average Bonchev–Trinajstić information content (AvgIpc) is 3.15. The molecule has 2 atom stereocenters. The minimum atomic E-state index is -0.656. The molecule has 0 fully saturated rings. The molecular weight excluding hydrogens is 643 g/mol. The van der Waals surface area contributed by atoms with E-state index in [1.165, 1.54) is 218 Å². The Kier molecular flexibility index (Phi) is 44.2. The first-order chi connectivity index (χ1) is 25.7. The Morgan fingerprint density at radius 2 is 0.673 bits per heavy atom. The Morgan fingerprint density at radius 3 is 0.962 bits per heavy atom. The molecule has 0 bridgehead atoms. The maximum absolute atomic E-state index is 12.4. The first-order valence-electron chi connectivity index (χ1n) is 23.8. The van der Waals surface area contributed by atoms with Gasteiger partial charge in [0.15, 0.2) is 0 Å². The molecular formula is C47H95NO4. The molecule has 0 aliphatic rings. The first kappa shape index (κ1) is 51.4. The minimum Gasteiger partial charge on any atom is -0.396 e. The van der Waals surface area contributed by atoms with Gasteiger partial charge in [-0.3, -0.25) is 4.79 Å². The SMILES string of the molecule is CCCCCCCCCCCCCCCC(O)C(CO)NC(=O)CCCCCCCCCCCCCCCCCCCCCCCCCCCCO. The van der Waals surface area contributed by atoms with E-state index in [0.717, 1.165) is 32.1 Å². The summed E-state index contributed by atoms with van der Waals surface area (Å²) in [7, 11) is 0. The number of aliphatic hydroxyl groups excluding tert-OH is 3. The number of unbranched alkanes of at least 4 members (excludes halogenated alkanes) is 37. The number of carbonyl (C=O) groups excluding carboxylic acids is 1. The van der Waals surface area contributed by atoms with Gasteiger partial charge in [-0.15, -0.1) is 0 Å². The standard InChI is InChI=1S/C47H95NO4/c1-2-3-4-5-6-7-8-23-26-29-32-35-38-41-46(51)45(44-50)48-47(52)42-39-36-33-30-27-24-21-19-17-15-13-11-9-10-12-14-16-18-20-22-25-28-31-34-37-40-43-49/h45-46,49-51H,2-44H2,1H3,(H,48,52). The van der Waals surface area contributed by atoms with Crippen molar-refractivity contribution in [3.8, 4) is 0 Å². The lowest BCUT2D eigenvalue weighted by molar-refractivity contribution is -0.123. The molecule has 0 rings (SSSR count). The Morgan fingerprint density at radius 1 is 0.404 bits per heavy atom. The normalized spacial score (nSPS) is 12.8. The molecule has 5 heteroatoms. The third-order valence-corrected chi connectivity index (χ3v) is 11.4.